The predicted octanol–water partition coefficient (Wildman–Crippen LogP) is 4.60. The van der Waals surface area contributed by atoms with Crippen LogP contribution >= 0.6 is 23.1 Å². The Morgan fingerprint density at radius 3 is 2.75 bits per heavy atom. The van der Waals surface area contributed by atoms with Crippen molar-refractivity contribution in [2.45, 2.75) is 18.2 Å². The molecule has 3 aromatic rings. The molecule has 0 fully saturated rings. The summed E-state index contributed by atoms with van der Waals surface area (Å²) >= 11 is 3.24. The Bertz CT molecular complexity index is 844. The van der Waals surface area contributed by atoms with E-state index in [1.54, 1.807) is 18.9 Å². The number of rotatable bonds is 6. The SMILES string of the molecule is CCSc1ccc(CC(=O)Nc2nc3c(OC)cccc3s2)cc1. The van der Waals surface area contributed by atoms with Crippen LogP contribution in [0.5, 0.6) is 5.75 Å². The summed E-state index contributed by atoms with van der Waals surface area (Å²) in [5, 5.41) is 3.47. The smallest absolute Gasteiger partial charge is 0.230 e. The number of thiazole rings is 1. The van der Waals surface area contributed by atoms with E-state index in [4.69, 9.17) is 4.74 Å². The van der Waals surface area contributed by atoms with Crippen LogP contribution in [0.15, 0.2) is 47.4 Å². The van der Waals surface area contributed by atoms with Gasteiger partial charge in [0, 0.05) is 4.90 Å². The number of aromatic nitrogens is 1. The number of fused-ring (bicyclic) bond motifs is 1. The fraction of sp³-hybridized carbons (Fsp3) is 0.222. The second-order valence-electron chi connectivity index (χ2n) is 5.13. The van der Waals surface area contributed by atoms with E-state index in [-0.39, 0.29) is 5.91 Å². The summed E-state index contributed by atoms with van der Waals surface area (Å²) in [6, 6.07) is 13.9. The van der Waals surface area contributed by atoms with Crippen LogP contribution in [0.3, 0.4) is 0 Å². The van der Waals surface area contributed by atoms with E-state index in [1.165, 1.54) is 16.2 Å². The molecule has 1 N–H and O–H groups in total. The van der Waals surface area contributed by atoms with Gasteiger partial charge < -0.3 is 10.1 Å². The number of anilines is 1. The molecule has 1 amide bonds. The van der Waals surface area contributed by atoms with Crippen LogP contribution in [0.2, 0.25) is 0 Å². The number of thioether (sulfide) groups is 1. The first kappa shape index (κ1) is 16.8. The molecule has 1 aromatic heterocycles. The van der Waals surface area contributed by atoms with Gasteiger partial charge >= 0.3 is 0 Å². The minimum Gasteiger partial charge on any atom is -0.494 e. The number of amides is 1. The third kappa shape index (κ3) is 3.88. The maximum Gasteiger partial charge on any atom is 0.230 e. The quantitative estimate of drug-likeness (QED) is 0.654. The second kappa shape index (κ2) is 7.68. The van der Waals surface area contributed by atoms with Gasteiger partial charge in [0.15, 0.2) is 5.13 Å². The molecule has 3 rings (SSSR count). The van der Waals surface area contributed by atoms with Gasteiger partial charge in [0.25, 0.3) is 0 Å². The Balaban J connectivity index is 1.68. The van der Waals surface area contributed by atoms with Crippen LogP contribution < -0.4 is 10.1 Å². The van der Waals surface area contributed by atoms with Crippen molar-refractivity contribution >= 4 is 44.4 Å². The largest absolute Gasteiger partial charge is 0.494 e. The molecule has 124 valence electrons. The van der Waals surface area contributed by atoms with Gasteiger partial charge in [-0.1, -0.05) is 36.5 Å². The molecule has 0 saturated carbocycles. The molecule has 6 heteroatoms. The minimum absolute atomic E-state index is 0.0658. The summed E-state index contributed by atoms with van der Waals surface area (Å²) in [6.07, 6.45) is 0.337. The molecular formula is C18H18N2O2S2. The van der Waals surface area contributed by atoms with Gasteiger partial charge in [-0.25, -0.2) is 4.98 Å². The Morgan fingerprint density at radius 2 is 2.04 bits per heavy atom. The van der Waals surface area contributed by atoms with E-state index >= 15 is 0 Å². The summed E-state index contributed by atoms with van der Waals surface area (Å²) in [7, 11) is 1.62. The van der Waals surface area contributed by atoms with E-state index in [1.807, 2.05) is 30.3 Å². The Kier molecular flexibility index (Phi) is 5.37. The van der Waals surface area contributed by atoms with Gasteiger partial charge in [-0.2, -0.15) is 0 Å². The van der Waals surface area contributed by atoms with Crippen LogP contribution in [-0.2, 0) is 11.2 Å². The highest BCUT2D eigenvalue weighted by atomic mass is 32.2. The number of para-hydroxylation sites is 1. The lowest BCUT2D eigenvalue weighted by molar-refractivity contribution is -0.115. The van der Waals surface area contributed by atoms with Crippen molar-refractivity contribution in [2.75, 3.05) is 18.2 Å². The number of carbonyl (C=O) groups is 1. The third-order valence-electron chi connectivity index (χ3n) is 3.45. The lowest BCUT2D eigenvalue weighted by Gasteiger charge is -2.03. The lowest BCUT2D eigenvalue weighted by atomic mass is 10.1. The zero-order valence-electron chi connectivity index (χ0n) is 13.5. The summed E-state index contributed by atoms with van der Waals surface area (Å²) in [5.41, 5.74) is 1.77. The zero-order valence-corrected chi connectivity index (χ0v) is 15.2. The molecule has 0 bridgehead atoms. The first-order valence-electron chi connectivity index (χ1n) is 7.64. The fourth-order valence-electron chi connectivity index (χ4n) is 2.36. The number of nitrogens with zero attached hydrogens (tertiary/aromatic N) is 1. The molecule has 0 atom stereocenters. The minimum atomic E-state index is -0.0658. The number of hydrogen-bond acceptors (Lipinski definition) is 5. The summed E-state index contributed by atoms with van der Waals surface area (Å²) < 4.78 is 6.29. The molecule has 4 nitrogen and oxygen atoms in total. The van der Waals surface area contributed by atoms with Crippen molar-refractivity contribution in [1.29, 1.82) is 0 Å². The van der Waals surface area contributed by atoms with Gasteiger partial charge in [-0.15, -0.1) is 11.8 Å². The predicted molar refractivity (Wildman–Crippen MR) is 101 cm³/mol. The van der Waals surface area contributed by atoms with E-state index in [0.717, 1.165) is 21.5 Å². The number of nitrogens with one attached hydrogen (secondary N) is 1. The Morgan fingerprint density at radius 1 is 1.25 bits per heavy atom. The maximum atomic E-state index is 12.2. The van der Waals surface area contributed by atoms with Crippen molar-refractivity contribution in [3.63, 3.8) is 0 Å². The zero-order chi connectivity index (χ0) is 16.9. The molecule has 2 aromatic carbocycles. The monoisotopic (exact) mass is 358 g/mol. The molecular weight excluding hydrogens is 340 g/mol. The fourth-order valence-corrected chi connectivity index (χ4v) is 3.92. The van der Waals surface area contributed by atoms with E-state index in [9.17, 15) is 4.79 Å². The third-order valence-corrected chi connectivity index (χ3v) is 5.28. The van der Waals surface area contributed by atoms with E-state index < -0.39 is 0 Å². The van der Waals surface area contributed by atoms with Crippen molar-refractivity contribution in [1.82, 2.24) is 4.98 Å². The van der Waals surface area contributed by atoms with E-state index in [0.29, 0.717) is 17.3 Å². The molecule has 0 aliphatic heterocycles. The van der Waals surface area contributed by atoms with Gasteiger partial charge in [-0.05, 0) is 35.6 Å². The van der Waals surface area contributed by atoms with Crippen LogP contribution in [-0.4, -0.2) is 23.8 Å². The Hall–Kier alpha value is -2.05. The van der Waals surface area contributed by atoms with Crippen LogP contribution in [0.25, 0.3) is 10.2 Å². The highest BCUT2D eigenvalue weighted by Crippen LogP contribution is 2.32. The van der Waals surface area contributed by atoms with Gasteiger partial charge in [0.2, 0.25) is 5.91 Å². The molecule has 0 aliphatic carbocycles. The highest BCUT2D eigenvalue weighted by molar-refractivity contribution is 7.99. The van der Waals surface area contributed by atoms with Gasteiger partial charge in [0.05, 0.1) is 18.2 Å². The number of ether oxygens (including phenoxy) is 1. The standard InChI is InChI=1S/C18H18N2O2S2/c1-3-23-13-9-7-12(8-10-13)11-16(21)19-18-20-17-14(22-2)5-4-6-15(17)24-18/h4-10H,3,11H2,1-2H3,(H,19,20,21). The molecule has 1 heterocycles. The molecule has 0 aliphatic rings. The number of hydrogen-bond donors (Lipinski definition) is 1. The van der Waals surface area contributed by atoms with E-state index in [2.05, 4.69) is 29.4 Å². The number of methoxy groups -OCH3 is 1. The lowest BCUT2D eigenvalue weighted by Crippen LogP contribution is -2.14. The molecule has 24 heavy (non-hydrogen) atoms. The number of benzene rings is 2. The number of carbonyl (C=O) groups excluding carboxylic acids is 1. The van der Waals surface area contributed by atoms with Crippen molar-refractivity contribution in [2.24, 2.45) is 0 Å². The highest BCUT2D eigenvalue weighted by Gasteiger charge is 2.11. The summed E-state index contributed by atoms with van der Waals surface area (Å²) in [4.78, 5) is 17.9. The molecule has 0 spiro atoms. The topological polar surface area (TPSA) is 51.2 Å². The normalized spacial score (nSPS) is 10.8. The summed E-state index contributed by atoms with van der Waals surface area (Å²) in [5.74, 6) is 1.69. The average molecular weight is 358 g/mol. The van der Waals surface area contributed by atoms with Crippen molar-refractivity contribution in [3.05, 3.63) is 48.0 Å². The molecule has 0 unspecified atom stereocenters. The molecule has 0 saturated heterocycles. The molecule has 0 radical (unpaired) electrons. The second-order valence-corrected chi connectivity index (χ2v) is 7.50. The van der Waals surface area contributed by atoms with Crippen LogP contribution in [0.1, 0.15) is 12.5 Å². The van der Waals surface area contributed by atoms with Crippen molar-refractivity contribution in [3.8, 4) is 5.75 Å². The van der Waals surface area contributed by atoms with Gasteiger partial charge in [0.1, 0.15) is 11.3 Å². The first-order chi connectivity index (χ1) is 11.7. The van der Waals surface area contributed by atoms with Crippen molar-refractivity contribution < 1.29 is 9.53 Å². The first-order valence-corrected chi connectivity index (χ1v) is 9.45. The maximum absolute atomic E-state index is 12.2. The van der Waals surface area contributed by atoms with Gasteiger partial charge in [-0.3, -0.25) is 4.79 Å². The summed E-state index contributed by atoms with van der Waals surface area (Å²) in [6.45, 7) is 2.12. The average Bonchev–Trinajstić information content (AvgIpc) is 2.99. The van der Waals surface area contributed by atoms with Crippen LogP contribution in [0.4, 0.5) is 5.13 Å². The van der Waals surface area contributed by atoms with Crippen LogP contribution in [0, 0.1) is 0 Å². The Labute approximate surface area is 149 Å².